The molecule has 1 aromatic carbocycles. The van der Waals surface area contributed by atoms with Crippen molar-refractivity contribution < 1.29 is 14.3 Å². The fraction of sp³-hybridized carbons (Fsp3) is 0.421. The Hall–Kier alpha value is -2.21. The number of carbonyl (C=O) groups is 2. The van der Waals surface area contributed by atoms with Crippen LogP contribution in [-0.4, -0.2) is 41.5 Å². The van der Waals surface area contributed by atoms with Crippen LogP contribution < -0.4 is 0 Å². The summed E-state index contributed by atoms with van der Waals surface area (Å²) in [4.78, 5) is 30.7. The van der Waals surface area contributed by atoms with Gasteiger partial charge in [-0.2, -0.15) is 0 Å². The van der Waals surface area contributed by atoms with Crippen molar-refractivity contribution in [1.29, 1.82) is 0 Å². The summed E-state index contributed by atoms with van der Waals surface area (Å²) in [5, 5.41) is 2.88. The summed E-state index contributed by atoms with van der Waals surface area (Å²) in [6, 6.07) is 9.97. The molecule has 0 bridgehead atoms. The summed E-state index contributed by atoms with van der Waals surface area (Å²) in [6.45, 7) is 3.44. The van der Waals surface area contributed by atoms with Crippen LogP contribution >= 0.6 is 11.3 Å². The smallest absolute Gasteiger partial charge is 0.309 e. The molecule has 2 aromatic rings. The van der Waals surface area contributed by atoms with E-state index in [1.54, 1.807) is 11.3 Å². The van der Waals surface area contributed by atoms with Crippen LogP contribution in [0, 0.1) is 5.92 Å². The van der Waals surface area contributed by atoms with Crippen molar-refractivity contribution in [2.75, 3.05) is 19.7 Å². The molecular weight excluding hydrogens is 336 g/mol. The number of likely N-dealkylation sites (tertiary alicyclic amines) is 1. The zero-order valence-electron chi connectivity index (χ0n) is 14.3. The van der Waals surface area contributed by atoms with Gasteiger partial charge in [0.25, 0.3) is 0 Å². The second kappa shape index (κ2) is 8.25. The minimum Gasteiger partial charge on any atom is -0.466 e. The number of hydrogen-bond acceptors (Lipinski definition) is 5. The third-order valence-electron chi connectivity index (χ3n) is 4.37. The number of benzene rings is 1. The number of thiazole rings is 1. The molecule has 0 spiro atoms. The van der Waals surface area contributed by atoms with E-state index in [-0.39, 0.29) is 17.8 Å². The standard InChI is InChI=1S/C19H22N2O3S/c1-2-24-19(23)15-8-10-21(11-9-15)17(22)12-16-13-25-18(20-16)14-6-4-3-5-7-14/h3-7,13,15H,2,8-12H2,1H3. The van der Waals surface area contributed by atoms with Crippen LogP contribution in [0.4, 0.5) is 0 Å². The fourth-order valence-electron chi connectivity index (χ4n) is 2.99. The monoisotopic (exact) mass is 358 g/mol. The molecule has 5 nitrogen and oxygen atoms in total. The maximum absolute atomic E-state index is 12.5. The molecular formula is C19H22N2O3S. The number of esters is 1. The van der Waals surface area contributed by atoms with Crippen LogP contribution in [0.3, 0.4) is 0 Å². The SMILES string of the molecule is CCOC(=O)C1CCN(C(=O)Cc2csc(-c3ccccc3)n2)CC1. The number of amides is 1. The highest BCUT2D eigenvalue weighted by Crippen LogP contribution is 2.24. The molecule has 3 rings (SSSR count). The first kappa shape index (κ1) is 17.6. The summed E-state index contributed by atoms with van der Waals surface area (Å²) >= 11 is 1.56. The van der Waals surface area contributed by atoms with Crippen molar-refractivity contribution in [1.82, 2.24) is 9.88 Å². The lowest BCUT2D eigenvalue weighted by atomic mass is 9.97. The zero-order chi connectivity index (χ0) is 17.6. The van der Waals surface area contributed by atoms with E-state index in [9.17, 15) is 9.59 Å². The van der Waals surface area contributed by atoms with E-state index in [0.29, 0.717) is 39.0 Å². The Kier molecular flexibility index (Phi) is 5.81. The second-order valence-electron chi connectivity index (χ2n) is 6.09. The van der Waals surface area contributed by atoms with Gasteiger partial charge >= 0.3 is 5.97 Å². The predicted molar refractivity (Wildman–Crippen MR) is 97.2 cm³/mol. The molecule has 25 heavy (non-hydrogen) atoms. The Morgan fingerprint density at radius 3 is 2.64 bits per heavy atom. The predicted octanol–water partition coefficient (Wildman–Crippen LogP) is 3.15. The van der Waals surface area contributed by atoms with Gasteiger partial charge in [0.1, 0.15) is 5.01 Å². The molecule has 1 aliphatic rings. The minimum absolute atomic E-state index is 0.0760. The summed E-state index contributed by atoms with van der Waals surface area (Å²) in [7, 11) is 0. The van der Waals surface area contributed by atoms with Gasteiger partial charge in [0.05, 0.1) is 24.6 Å². The van der Waals surface area contributed by atoms with E-state index in [4.69, 9.17) is 4.74 Å². The number of hydrogen-bond donors (Lipinski definition) is 0. The van der Waals surface area contributed by atoms with E-state index in [1.807, 2.05) is 47.5 Å². The molecule has 0 unspecified atom stereocenters. The van der Waals surface area contributed by atoms with Crippen molar-refractivity contribution in [2.45, 2.75) is 26.2 Å². The van der Waals surface area contributed by atoms with Gasteiger partial charge in [0.2, 0.25) is 5.91 Å². The Balaban J connectivity index is 1.54. The van der Waals surface area contributed by atoms with Gasteiger partial charge in [-0.3, -0.25) is 9.59 Å². The van der Waals surface area contributed by atoms with Gasteiger partial charge < -0.3 is 9.64 Å². The fourth-order valence-corrected chi connectivity index (χ4v) is 3.82. The molecule has 1 amide bonds. The third-order valence-corrected chi connectivity index (χ3v) is 5.31. The van der Waals surface area contributed by atoms with Crippen LogP contribution in [0.1, 0.15) is 25.5 Å². The molecule has 2 heterocycles. The van der Waals surface area contributed by atoms with Crippen LogP contribution in [0.25, 0.3) is 10.6 Å². The summed E-state index contributed by atoms with van der Waals surface area (Å²) in [6.07, 6.45) is 1.67. The topological polar surface area (TPSA) is 59.5 Å². The van der Waals surface area contributed by atoms with Gasteiger partial charge in [-0.25, -0.2) is 4.98 Å². The number of rotatable bonds is 5. The molecule has 1 saturated heterocycles. The maximum Gasteiger partial charge on any atom is 0.309 e. The highest BCUT2D eigenvalue weighted by Gasteiger charge is 2.28. The summed E-state index contributed by atoms with van der Waals surface area (Å²) in [5.41, 5.74) is 1.88. The number of aromatic nitrogens is 1. The van der Waals surface area contributed by atoms with Gasteiger partial charge in [0, 0.05) is 24.0 Å². The van der Waals surface area contributed by atoms with E-state index in [2.05, 4.69) is 4.98 Å². The minimum atomic E-state index is -0.137. The largest absolute Gasteiger partial charge is 0.466 e. The average Bonchev–Trinajstić information content (AvgIpc) is 3.11. The summed E-state index contributed by atoms with van der Waals surface area (Å²) in [5.74, 6) is -0.137. The average molecular weight is 358 g/mol. The number of ether oxygens (including phenoxy) is 1. The van der Waals surface area contributed by atoms with Crippen LogP contribution in [-0.2, 0) is 20.7 Å². The molecule has 132 valence electrons. The maximum atomic E-state index is 12.5. The zero-order valence-corrected chi connectivity index (χ0v) is 15.1. The molecule has 1 aliphatic heterocycles. The van der Waals surface area contributed by atoms with Gasteiger partial charge in [-0.15, -0.1) is 11.3 Å². The quantitative estimate of drug-likeness (QED) is 0.771. The first-order chi connectivity index (χ1) is 12.2. The molecule has 1 aromatic heterocycles. The third kappa shape index (κ3) is 4.45. The van der Waals surface area contributed by atoms with E-state index in [1.165, 1.54) is 0 Å². The Bertz CT molecular complexity index is 721. The first-order valence-corrected chi connectivity index (χ1v) is 9.49. The van der Waals surface area contributed by atoms with Crippen LogP contribution in [0.5, 0.6) is 0 Å². The van der Waals surface area contributed by atoms with Crippen LogP contribution in [0.2, 0.25) is 0 Å². The van der Waals surface area contributed by atoms with E-state index in [0.717, 1.165) is 16.3 Å². The van der Waals surface area contributed by atoms with E-state index >= 15 is 0 Å². The molecule has 0 atom stereocenters. The lowest BCUT2D eigenvalue weighted by Gasteiger charge is -2.30. The normalized spacial score (nSPS) is 15.2. The Morgan fingerprint density at radius 2 is 1.96 bits per heavy atom. The van der Waals surface area contributed by atoms with Gasteiger partial charge in [-0.05, 0) is 19.8 Å². The van der Waals surface area contributed by atoms with Crippen LogP contribution in [0.15, 0.2) is 35.7 Å². The van der Waals surface area contributed by atoms with Crippen molar-refractivity contribution >= 4 is 23.2 Å². The highest BCUT2D eigenvalue weighted by molar-refractivity contribution is 7.13. The first-order valence-electron chi connectivity index (χ1n) is 8.61. The van der Waals surface area contributed by atoms with Crippen molar-refractivity contribution in [3.63, 3.8) is 0 Å². The lowest BCUT2D eigenvalue weighted by molar-refractivity contribution is -0.151. The number of piperidine rings is 1. The van der Waals surface area contributed by atoms with Crippen molar-refractivity contribution in [3.05, 3.63) is 41.4 Å². The van der Waals surface area contributed by atoms with Gasteiger partial charge in [-0.1, -0.05) is 30.3 Å². The number of carbonyl (C=O) groups excluding carboxylic acids is 2. The van der Waals surface area contributed by atoms with Crippen molar-refractivity contribution in [3.8, 4) is 10.6 Å². The Labute approximate surface area is 151 Å². The lowest BCUT2D eigenvalue weighted by Crippen LogP contribution is -2.41. The molecule has 0 saturated carbocycles. The Morgan fingerprint density at radius 1 is 1.24 bits per heavy atom. The summed E-state index contributed by atoms with van der Waals surface area (Å²) < 4.78 is 5.07. The molecule has 6 heteroatoms. The van der Waals surface area contributed by atoms with Gasteiger partial charge in [0.15, 0.2) is 0 Å². The molecule has 0 N–H and O–H groups in total. The molecule has 0 radical (unpaired) electrons. The molecule has 1 fully saturated rings. The number of nitrogens with zero attached hydrogens (tertiary/aromatic N) is 2. The van der Waals surface area contributed by atoms with Crippen molar-refractivity contribution in [2.24, 2.45) is 5.92 Å². The highest BCUT2D eigenvalue weighted by atomic mass is 32.1. The van der Waals surface area contributed by atoms with E-state index < -0.39 is 0 Å². The molecule has 0 aliphatic carbocycles. The second-order valence-corrected chi connectivity index (χ2v) is 6.95.